The van der Waals surface area contributed by atoms with Gasteiger partial charge in [0.15, 0.2) is 0 Å². The van der Waals surface area contributed by atoms with Gasteiger partial charge < -0.3 is 15.3 Å². The summed E-state index contributed by atoms with van der Waals surface area (Å²) in [4.78, 5) is 38.2. The standard InChI is InChI=1S/C20H28N2O4/c1-2-3-5-12-17(20(25)26)21-18(23)16-11-8-13-22(14-16)19(24)15-9-6-4-7-10-15/h4,6-7,9-10,16-17H,2-3,5,8,11-14H2,1H3,(H,21,23)(H,25,26)/t16-,17+/m1/s1. The Hall–Kier alpha value is -2.37. The zero-order chi connectivity index (χ0) is 18.9. The molecule has 2 amide bonds. The maximum Gasteiger partial charge on any atom is 0.326 e. The number of carboxylic acid groups (broad SMARTS) is 1. The van der Waals surface area contributed by atoms with Crippen LogP contribution in [0.1, 0.15) is 55.8 Å². The van der Waals surface area contributed by atoms with E-state index < -0.39 is 12.0 Å². The summed E-state index contributed by atoms with van der Waals surface area (Å²) in [6.07, 6.45) is 4.57. The monoisotopic (exact) mass is 360 g/mol. The maximum absolute atomic E-state index is 12.6. The number of unbranched alkanes of at least 4 members (excludes halogenated alkanes) is 2. The fourth-order valence-electron chi connectivity index (χ4n) is 3.28. The second-order valence-electron chi connectivity index (χ2n) is 6.85. The molecule has 0 saturated carbocycles. The number of carboxylic acids is 1. The number of nitrogens with one attached hydrogen (secondary N) is 1. The molecule has 0 aromatic heterocycles. The van der Waals surface area contributed by atoms with Crippen molar-refractivity contribution in [3.8, 4) is 0 Å². The molecule has 0 radical (unpaired) electrons. The molecule has 0 unspecified atom stereocenters. The minimum atomic E-state index is -0.998. The molecule has 0 bridgehead atoms. The first kappa shape index (κ1) is 19.9. The molecule has 0 aliphatic carbocycles. The number of rotatable bonds is 8. The largest absolute Gasteiger partial charge is 0.480 e. The zero-order valence-electron chi connectivity index (χ0n) is 15.3. The minimum absolute atomic E-state index is 0.0826. The number of hydrogen-bond acceptors (Lipinski definition) is 3. The molecule has 6 nitrogen and oxygen atoms in total. The summed E-state index contributed by atoms with van der Waals surface area (Å²) in [7, 11) is 0. The first-order valence-corrected chi connectivity index (χ1v) is 9.40. The van der Waals surface area contributed by atoms with E-state index in [1.54, 1.807) is 17.0 Å². The molecule has 1 aliphatic heterocycles. The predicted molar refractivity (Wildman–Crippen MR) is 98.8 cm³/mol. The lowest BCUT2D eigenvalue weighted by atomic mass is 9.95. The van der Waals surface area contributed by atoms with Crippen molar-refractivity contribution in [2.45, 2.75) is 51.5 Å². The zero-order valence-corrected chi connectivity index (χ0v) is 15.3. The Balaban J connectivity index is 1.94. The molecular weight excluding hydrogens is 332 g/mol. The van der Waals surface area contributed by atoms with E-state index in [1.165, 1.54) is 0 Å². The summed E-state index contributed by atoms with van der Waals surface area (Å²) in [5, 5.41) is 12.0. The van der Waals surface area contributed by atoms with Crippen molar-refractivity contribution in [2.24, 2.45) is 5.92 Å². The van der Waals surface area contributed by atoms with E-state index in [9.17, 15) is 19.5 Å². The Bertz CT molecular complexity index is 617. The van der Waals surface area contributed by atoms with E-state index in [0.717, 1.165) is 25.7 Å². The van der Waals surface area contributed by atoms with Gasteiger partial charge in [-0.1, -0.05) is 44.4 Å². The molecule has 2 rings (SSSR count). The van der Waals surface area contributed by atoms with Crippen molar-refractivity contribution in [3.63, 3.8) is 0 Å². The van der Waals surface area contributed by atoms with Gasteiger partial charge in [0.05, 0.1) is 5.92 Å². The molecule has 26 heavy (non-hydrogen) atoms. The number of benzene rings is 1. The van der Waals surface area contributed by atoms with Crippen molar-refractivity contribution in [1.82, 2.24) is 10.2 Å². The molecule has 1 fully saturated rings. The van der Waals surface area contributed by atoms with Gasteiger partial charge in [-0.25, -0.2) is 4.79 Å². The van der Waals surface area contributed by atoms with E-state index in [1.807, 2.05) is 18.2 Å². The van der Waals surface area contributed by atoms with Crippen LogP contribution in [0.2, 0.25) is 0 Å². The van der Waals surface area contributed by atoms with Gasteiger partial charge in [-0.3, -0.25) is 9.59 Å². The topological polar surface area (TPSA) is 86.7 Å². The Kier molecular flexibility index (Phi) is 7.63. The van der Waals surface area contributed by atoms with Crippen LogP contribution in [0.5, 0.6) is 0 Å². The van der Waals surface area contributed by atoms with Crippen LogP contribution < -0.4 is 5.32 Å². The molecule has 1 heterocycles. The third kappa shape index (κ3) is 5.58. The van der Waals surface area contributed by atoms with Crippen LogP contribution in [0.15, 0.2) is 30.3 Å². The Labute approximate surface area is 154 Å². The summed E-state index contributed by atoms with van der Waals surface area (Å²) in [5.41, 5.74) is 0.608. The van der Waals surface area contributed by atoms with Gasteiger partial charge in [-0.15, -0.1) is 0 Å². The van der Waals surface area contributed by atoms with Crippen molar-refractivity contribution in [2.75, 3.05) is 13.1 Å². The van der Waals surface area contributed by atoms with Crippen molar-refractivity contribution >= 4 is 17.8 Å². The number of amides is 2. The highest BCUT2D eigenvalue weighted by molar-refractivity contribution is 5.94. The average Bonchev–Trinajstić information content (AvgIpc) is 2.67. The second-order valence-corrected chi connectivity index (χ2v) is 6.85. The molecule has 1 aromatic rings. The highest BCUT2D eigenvalue weighted by Gasteiger charge is 2.31. The normalized spacial score (nSPS) is 18.2. The van der Waals surface area contributed by atoms with Gasteiger partial charge in [-0.2, -0.15) is 0 Å². The molecule has 1 saturated heterocycles. The van der Waals surface area contributed by atoms with Gasteiger partial charge in [0.25, 0.3) is 5.91 Å². The number of likely N-dealkylation sites (tertiary alicyclic amines) is 1. The Morgan fingerprint density at radius 3 is 2.62 bits per heavy atom. The van der Waals surface area contributed by atoms with Crippen LogP contribution in [0.3, 0.4) is 0 Å². The fraction of sp³-hybridized carbons (Fsp3) is 0.550. The number of carbonyl (C=O) groups is 3. The maximum atomic E-state index is 12.6. The Morgan fingerprint density at radius 1 is 1.23 bits per heavy atom. The van der Waals surface area contributed by atoms with E-state index in [-0.39, 0.29) is 17.7 Å². The number of carbonyl (C=O) groups excluding carboxylic acids is 2. The quantitative estimate of drug-likeness (QED) is 0.698. The van der Waals surface area contributed by atoms with Crippen LogP contribution in [0.25, 0.3) is 0 Å². The van der Waals surface area contributed by atoms with E-state index in [2.05, 4.69) is 12.2 Å². The fourth-order valence-corrected chi connectivity index (χ4v) is 3.28. The summed E-state index contributed by atoms with van der Waals surface area (Å²) in [6.45, 7) is 3.01. The second kappa shape index (κ2) is 9.94. The van der Waals surface area contributed by atoms with Gasteiger partial charge in [0.2, 0.25) is 5.91 Å². The molecular formula is C20H28N2O4. The predicted octanol–water partition coefficient (Wildman–Crippen LogP) is 2.69. The van der Waals surface area contributed by atoms with Gasteiger partial charge in [-0.05, 0) is 31.4 Å². The third-order valence-electron chi connectivity index (χ3n) is 4.81. The van der Waals surface area contributed by atoms with Gasteiger partial charge >= 0.3 is 5.97 Å². The number of hydrogen-bond donors (Lipinski definition) is 2. The van der Waals surface area contributed by atoms with E-state index >= 15 is 0 Å². The molecule has 1 aliphatic rings. The highest BCUT2D eigenvalue weighted by Crippen LogP contribution is 2.19. The SMILES string of the molecule is CCCCC[C@H](NC(=O)[C@@H]1CCCN(C(=O)c2ccccc2)C1)C(=O)O. The van der Waals surface area contributed by atoms with E-state index in [4.69, 9.17) is 0 Å². The van der Waals surface area contributed by atoms with Gasteiger partial charge in [0.1, 0.15) is 6.04 Å². The first-order valence-electron chi connectivity index (χ1n) is 9.40. The summed E-state index contributed by atoms with van der Waals surface area (Å²) in [6, 6.07) is 8.16. The molecule has 2 N–H and O–H groups in total. The van der Waals surface area contributed by atoms with Crippen molar-refractivity contribution < 1.29 is 19.5 Å². The summed E-state index contributed by atoms with van der Waals surface area (Å²) < 4.78 is 0. The molecule has 6 heteroatoms. The lowest BCUT2D eigenvalue weighted by Gasteiger charge is -2.32. The molecule has 0 spiro atoms. The number of nitrogens with zero attached hydrogens (tertiary/aromatic N) is 1. The smallest absolute Gasteiger partial charge is 0.326 e. The van der Waals surface area contributed by atoms with Crippen LogP contribution in [0.4, 0.5) is 0 Å². The average molecular weight is 360 g/mol. The van der Waals surface area contributed by atoms with Crippen LogP contribution in [0, 0.1) is 5.92 Å². The lowest BCUT2D eigenvalue weighted by molar-refractivity contribution is -0.143. The van der Waals surface area contributed by atoms with Crippen LogP contribution >= 0.6 is 0 Å². The molecule has 2 atom stereocenters. The van der Waals surface area contributed by atoms with Crippen molar-refractivity contribution in [1.29, 1.82) is 0 Å². The minimum Gasteiger partial charge on any atom is -0.480 e. The van der Waals surface area contributed by atoms with E-state index in [0.29, 0.717) is 31.5 Å². The lowest BCUT2D eigenvalue weighted by Crippen LogP contribution is -2.49. The summed E-state index contributed by atoms with van der Waals surface area (Å²) in [5.74, 6) is -1.70. The molecule has 142 valence electrons. The van der Waals surface area contributed by atoms with Crippen LogP contribution in [-0.2, 0) is 9.59 Å². The highest BCUT2D eigenvalue weighted by atomic mass is 16.4. The third-order valence-corrected chi connectivity index (χ3v) is 4.81. The Morgan fingerprint density at radius 2 is 1.96 bits per heavy atom. The number of piperidine rings is 1. The van der Waals surface area contributed by atoms with Crippen molar-refractivity contribution in [3.05, 3.63) is 35.9 Å². The molecule has 1 aromatic carbocycles. The number of aliphatic carboxylic acids is 1. The van der Waals surface area contributed by atoms with Crippen LogP contribution in [-0.4, -0.2) is 46.9 Å². The first-order chi connectivity index (χ1) is 12.5. The van der Waals surface area contributed by atoms with Gasteiger partial charge in [0, 0.05) is 18.7 Å². The summed E-state index contributed by atoms with van der Waals surface area (Å²) >= 11 is 0.